The zero-order valence-corrected chi connectivity index (χ0v) is 17.7. The van der Waals surface area contributed by atoms with Crippen molar-refractivity contribution < 1.29 is 22.7 Å². The number of hydrogen-bond donors (Lipinski definition) is 1. The smallest absolute Gasteiger partial charge is 0.256 e. The SMILES string of the molecule is COc1ccc(C(=O)Nc2c3c(nn2-c2cccc(Cl)c2)CS(=O)(=O)C3)cc1OC. The summed E-state index contributed by atoms with van der Waals surface area (Å²) in [5, 5.41) is 7.73. The molecule has 1 aromatic heterocycles. The Morgan fingerprint density at radius 2 is 1.87 bits per heavy atom. The van der Waals surface area contributed by atoms with Crippen molar-refractivity contribution in [2.24, 2.45) is 0 Å². The topological polar surface area (TPSA) is 99.5 Å². The van der Waals surface area contributed by atoms with Crippen molar-refractivity contribution in [1.29, 1.82) is 0 Å². The Labute approximate surface area is 178 Å². The molecule has 8 nitrogen and oxygen atoms in total. The molecule has 0 saturated carbocycles. The van der Waals surface area contributed by atoms with E-state index in [4.69, 9.17) is 21.1 Å². The fourth-order valence-corrected chi connectivity index (χ4v) is 5.00. The highest BCUT2D eigenvalue weighted by Crippen LogP contribution is 2.34. The van der Waals surface area contributed by atoms with E-state index in [1.165, 1.54) is 18.9 Å². The van der Waals surface area contributed by atoms with E-state index in [-0.39, 0.29) is 11.5 Å². The number of methoxy groups -OCH3 is 2. The summed E-state index contributed by atoms with van der Waals surface area (Å²) in [7, 11) is -0.319. The number of benzene rings is 2. The lowest BCUT2D eigenvalue weighted by atomic mass is 10.2. The number of fused-ring (bicyclic) bond motifs is 1. The van der Waals surface area contributed by atoms with Crippen LogP contribution in [0.2, 0.25) is 5.02 Å². The second-order valence-electron chi connectivity index (χ2n) is 6.72. The first kappa shape index (κ1) is 20.2. The molecule has 0 radical (unpaired) electrons. The van der Waals surface area contributed by atoms with Crippen LogP contribution in [0.1, 0.15) is 21.6 Å². The Morgan fingerprint density at radius 3 is 2.57 bits per heavy atom. The van der Waals surface area contributed by atoms with Crippen molar-refractivity contribution in [3.63, 3.8) is 0 Å². The summed E-state index contributed by atoms with van der Waals surface area (Å²) in [5.74, 6) is 0.394. The monoisotopic (exact) mass is 447 g/mol. The van der Waals surface area contributed by atoms with Crippen molar-refractivity contribution >= 4 is 33.2 Å². The summed E-state index contributed by atoms with van der Waals surface area (Å²) < 4.78 is 36.2. The summed E-state index contributed by atoms with van der Waals surface area (Å²) in [6.07, 6.45) is 0. The van der Waals surface area contributed by atoms with Crippen molar-refractivity contribution in [2.75, 3.05) is 19.5 Å². The number of nitrogens with one attached hydrogen (secondary N) is 1. The van der Waals surface area contributed by atoms with Gasteiger partial charge in [0, 0.05) is 16.1 Å². The maximum Gasteiger partial charge on any atom is 0.256 e. The van der Waals surface area contributed by atoms with Crippen LogP contribution in [0.3, 0.4) is 0 Å². The normalized spacial score (nSPS) is 14.2. The highest BCUT2D eigenvalue weighted by Gasteiger charge is 2.33. The van der Waals surface area contributed by atoms with Gasteiger partial charge >= 0.3 is 0 Å². The predicted molar refractivity (Wildman–Crippen MR) is 112 cm³/mol. The molecule has 1 aliphatic rings. The van der Waals surface area contributed by atoms with Crippen LogP contribution in [-0.4, -0.2) is 38.3 Å². The van der Waals surface area contributed by atoms with Crippen LogP contribution in [0.5, 0.6) is 11.5 Å². The zero-order valence-electron chi connectivity index (χ0n) is 16.2. The lowest BCUT2D eigenvalue weighted by molar-refractivity contribution is 0.102. The molecule has 0 saturated heterocycles. The van der Waals surface area contributed by atoms with E-state index in [9.17, 15) is 13.2 Å². The number of carbonyl (C=O) groups is 1. The van der Waals surface area contributed by atoms with Crippen molar-refractivity contribution in [3.8, 4) is 17.2 Å². The standard InChI is InChI=1S/C20H18ClN3O5S/c1-28-17-7-6-12(8-18(17)29-2)20(25)22-19-15-10-30(26,27)11-16(15)23-24(19)14-5-3-4-13(21)9-14/h3-9H,10-11H2,1-2H3,(H,22,25). The first-order valence-corrected chi connectivity index (χ1v) is 11.1. The fraction of sp³-hybridized carbons (Fsp3) is 0.200. The maximum atomic E-state index is 13.0. The average molecular weight is 448 g/mol. The van der Waals surface area contributed by atoms with Crippen LogP contribution in [-0.2, 0) is 21.3 Å². The lowest BCUT2D eigenvalue weighted by Gasteiger charge is -2.13. The summed E-state index contributed by atoms with van der Waals surface area (Å²) >= 11 is 6.10. The minimum atomic E-state index is -3.30. The Bertz CT molecular complexity index is 1250. The first-order chi connectivity index (χ1) is 14.3. The molecular formula is C20H18ClN3O5S. The van der Waals surface area contributed by atoms with Crippen LogP contribution in [0.25, 0.3) is 5.69 Å². The van der Waals surface area contributed by atoms with Gasteiger partial charge in [0.2, 0.25) is 0 Å². The van der Waals surface area contributed by atoms with Crippen LogP contribution in [0, 0.1) is 0 Å². The third kappa shape index (κ3) is 3.73. The van der Waals surface area contributed by atoms with Gasteiger partial charge in [0.25, 0.3) is 5.91 Å². The van der Waals surface area contributed by atoms with E-state index in [0.717, 1.165) is 0 Å². The summed E-state index contributed by atoms with van der Waals surface area (Å²) in [6.45, 7) is 0. The average Bonchev–Trinajstić information content (AvgIpc) is 3.19. The molecule has 0 fully saturated rings. The Hall–Kier alpha value is -3.04. The van der Waals surface area contributed by atoms with Gasteiger partial charge in [-0.15, -0.1) is 0 Å². The predicted octanol–water partition coefficient (Wildman–Crippen LogP) is 3.22. The van der Waals surface area contributed by atoms with Crippen LogP contribution in [0.15, 0.2) is 42.5 Å². The molecule has 0 spiro atoms. The third-order valence-electron chi connectivity index (χ3n) is 4.72. The molecule has 4 rings (SSSR count). The number of nitrogens with zero attached hydrogens (tertiary/aromatic N) is 2. The molecule has 0 bridgehead atoms. The molecule has 1 N–H and O–H groups in total. The number of hydrogen-bond acceptors (Lipinski definition) is 6. The molecule has 10 heteroatoms. The minimum absolute atomic E-state index is 0.171. The number of ether oxygens (including phenoxy) is 2. The summed E-state index contributed by atoms with van der Waals surface area (Å²) in [5.41, 5.74) is 1.82. The van der Waals surface area contributed by atoms with E-state index in [0.29, 0.717) is 44.8 Å². The quantitative estimate of drug-likeness (QED) is 0.644. The molecular weight excluding hydrogens is 430 g/mol. The second-order valence-corrected chi connectivity index (χ2v) is 9.22. The number of anilines is 1. The number of halogens is 1. The van der Waals surface area contributed by atoms with Gasteiger partial charge in [-0.25, -0.2) is 13.1 Å². The maximum absolute atomic E-state index is 13.0. The van der Waals surface area contributed by atoms with E-state index in [1.807, 2.05) is 0 Å². The second kappa shape index (κ2) is 7.66. The highest BCUT2D eigenvalue weighted by atomic mass is 35.5. The van der Waals surface area contributed by atoms with Gasteiger partial charge in [-0.1, -0.05) is 17.7 Å². The Kier molecular flexibility index (Phi) is 5.17. The number of rotatable bonds is 5. The molecule has 156 valence electrons. The van der Waals surface area contributed by atoms with E-state index >= 15 is 0 Å². The van der Waals surface area contributed by atoms with Gasteiger partial charge < -0.3 is 14.8 Å². The van der Waals surface area contributed by atoms with Crippen LogP contribution < -0.4 is 14.8 Å². The van der Waals surface area contributed by atoms with E-state index < -0.39 is 15.7 Å². The molecule has 2 heterocycles. The van der Waals surface area contributed by atoms with Gasteiger partial charge in [0.05, 0.1) is 37.1 Å². The third-order valence-corrected chi connectivity index (χ3v) is 6.39. The van der Waals surface area contributed by atoms with Gasteiger partial charge in [-0.05, 0) is 36.4 Å². The Morgan fingerprint density at radius 1 is 1.10 bits per heavy atom. The minimum Gasteiger partial charge on any atom is -0.493 e. The molecule has 30 heavy (non-hydrogen) atoms. The molecule has 1 amide bonds. The van der Waals surface area contributed by atoms with E-state index in [1.54, 1.807) is 42.5 Å². The molecule has 0 atom stereocenters. The van der Waals surface area contributed by atoms with Crippen molar-refractivity contribution in [3.05, 3.63) is 64.3 Å². The summed E-state index contributed by atoms with van der Waals surface area (Å²) in [4.78, 5) is 13.0. The number of carbonyl (C=O) groups excluding carboxylic acids is 1. The lowest BCUT2D eigenvalue weighted by Crippen LogP contribution is -2.17. The largest absolute Gasteiger partial charge is 0.493 e. The molecule has 1 aliphatic heterocycles. The van der Waals surface area contributed by atoms with Gasteiger partial charge in [0.1, 0.15) is 5.82 Å². The number of sulfone groups is 1. The molecule has 2 aromatic carbocycles. The van der Waals surface area contributed by atoms with Crippen LogP contribution >= 0.6 is 11.6 Å². The fourth-order valence-electron chi connectivity index (χ4n) is 3.32. The summed E-state index contributed by atoms with van der Waals surface area (Å²) in [6, 6.07) is 11.7. The van der Waals surface area contributed by atoms with Crippen molar-refractivity contribution in [1.82, 2.24) is 9.78 Å². The van der Waals surface area contributed by atoms with Gasteiger partial charge in [-0.3, -0.25) is 4.79 Å². The number of amides is 1. The highest BCUT2D eigenvalue weighted by molar-refractivity contribution is 7.90. The molecule has 0 unspecified atom stereocenters. The van der Waals surface area contributed by atoms with Crippen molar-refractivity contribution in [2.45, 2.75) is 11.5 Å². The molecule has 0 aliphatic carbocycles. The van der Waals surface area contributed by atoms with Crippen LogP contribution in [0.4, 0.5) is 5.82 Å². The Balaban J connectivity index is 1.76. The van der Waals surface area contributed by atoms with E-state index in [2.05, 4.69) is 10.4 Å². The van der Waals surface area contributed by atoms with Gasteiger partial charge in [0.15, 0.2) is 21.3 Å². The molecule has 3 aromatic rings. The number of aromatic nitrogens is 2. The zero-order chi connectivity index (χ0) is 21.5. The van der Waals surface area contributed by atoms with Gasteiger partial charge in [-0.2, -0.15) is 5.10 Å². The first-order valence-electron chi connectivity index (χ1n) is 8.92.